The first kappa shape index (κ1) is 14.6. The molecule has 0 radical (unpaired) electrons. The molecule has 0 aromatic carbocycles. The molecule has 0 aliphatic rings. The second kappa shape index (κ2) is 6.95. The summed E-state index contributed by atoms with van der Waals surface area (Å²) in [5.74, 6) is 0.0673. The van der Waals surface area contributed by atoms with E-state index in [2.05, 4.69) is 5.32 Å². The van der Waals surface area contributed by atoms with Gasteiger partial charge in [0, 0.05) is 0 Å². The highest BCUT2D eigenvalue weighted by Gasteiger charge is 2.29. The largest absolute Gasteiger partial charge is 0.401 e. The molecule has 0 heterocycles. The molecule has 0 aromatic rings. The summed E-state index contributed by atoms with van der Waals surface area (Å²) in [5.41, 5.74) is 4.97. The molecule has 0 aromatic heterocycles. The molecule has 0 aliphatic carbocycles. The Kier molecular flexibility index (Phi) is 6.75. The first-order chi connectivity index (χ1) is 6.87. The van der Waals surface area contributed by atoms with E-state index >= 15 is 0 Å². The van der Waals surface area contributed by atoms with Crippen molar-refractivity contribution in [3.63, 3.8) is 0 Å². The van der Waals surface area contributed by atoms with E-state index in [0.29, 0.717) is 12.8 Å². The second-order valence-corrected chi connectivity index (χ2v) is 4.07. The van der Waals surface area contributed by atoms with Crippen molar-refractivity contribution in [3.8, 4) is 0 Å². The number of hydrogen-bond donors (Lipinski definition) is 2. The number of primary amides is 1. The van der Waals surface area contributed by atoms with E-state index in [9.17, 15) is 18.0 Å². The summed E-state index contributed by atoms with van der Waals surface area (Å²) in [4.78, 5) is 10.8. The van der Waals surface area contributed by atoms with Crippen molar-refractivity contribution in [3.05, 3.63) is 0 Å². The summed E-state index contributed by atoms with van der Waals surface area (Å²) in [6.07, 6.45) is -1.42. The Labute approximate surface area is 91.0 Å². The topological polar surface area (TPSA) is 55.1 Å². The number of carbonyl (C=O) groups is 1. The minimum atomic E-state index is -4.31. The van der Waals surface area contributed by atoms with E-state index < -0.39 is 24.7 Å². The number of halogens is 3. The lowest BCUT2D eigenvalue weighted by Gasteiger charge is -2.16. The fraction of sp³-hybridized carbons (Fsp3) is 0.875. The molecular formula is C8H15F3N2OS. The average molecular weight is 244 g/mol. The lowest BCUT2D eigenvalue weighted by Crippen LogP contribution is -2.45. The van der Waals surface area contributed by atoms with Gasteiger partial charge in [-0.15, -0.1) is 0 Å². The Balaban J connectivity index is 3.89. The van der Waals surface area contributed by atoms with Crippen LogP contribution >= 0.6 is 11.8 Å². The predicted molar refractivity (Wildman–Crippen MR) is 54.7 cm³/mol. The smallest absolute Gasteiger partial charge is 0.368 e. The zero-order valence-corrected chi connectivity index (χ0v) is 9.25. The fourth-order valence-electron chi connectivity index (χ4n) is 1.02. The van der Waals surface area contributed by atoms with Crippen LogP contribution in [0, 0.1) is 0 Å². The number of hydrogen-bond acceptors (Lipinski definition) is 3. The second-order valence-electron chi connectivity index (χ2n) is 3.09. The monoisotopic (exact) mass is 244 g/mol. The molecule has 3 nitrogen and oxygen atoms in total. The van der Waals surface area contributed by atoms with Crippen LogP contribution in [0.5, 0.6) is 0 Å². The third kappa shape index (κ3) is 8.56. The molecule has 0 aliphatic heterocycles. The first-order valence-corrected chi connectivity index (χ1v) is 5.84. The van der Waals surface area contributed by atoms with Crippen LogP contribution in [0.3, 0.4) is 0 Å². The Bertz CT molecular complexity index is 199. The van der Waals surface area contributed by atoms with Crippen molar-refractivity contribution in [2.75, 3.05) is 18.6 Å². The Morgan fingerprint density at radius 3 is 2.53 bits per heavy atom. The van der Waals surface area contributed by atoms with Gasteiger partial charge < -0.3 is 5.73 Å². The summed E-state index contributed by atoms with van der Waals surface area (Å²) < 4.78 is 35.5. The molecular weight excluding hydrogens is 229 g/mol. The zero-order valence-electron chi connectivity index (χ0n) is 8.43. The van der Waals surface area contributed by atoms with E-state index in [4.69, 9.17) is 5.73 Å². The molecule has 3 N–H and O–H groups in total. The van der Waals surface area contributed by atoms with Gasteiger partial charge in [-0.25, -0.2) is 0 Å². The van der Waals surface area contributed by atoms with Gasteiger partial charge in [0.25, 0.3) is 0 Å². The normalized spacial score (nSPS) is 13.9. The van der Waals surface area contributed by atoms with Gasteiger partial charge in [-0.2, -0.15) is 24.9 Å². The van der Waals surface area contributed by atoms with Gasteiger partial charge in [-0.05, 0) is 24.9 Å². The third-order valence-corrected chi connectivity index (χ3v) is 2.43. The first-order valence-electron chi connectivity index (χ1n) is 4.45. The quantitative estimate of drug-likeness (QED) is 0.660. The van der Waals surface area contributed by atoms with E-state index in [1.807, 2.05) is 6.26 Å². The molecule has 0 saturated carbocycles. The maximum absolute atomic E-state index is 11.8. The van der Waals surface area contributed by atoms with Gasteiger partial charge in [0.05, 0.1) is 12.6 Å². The van der Waals surface area contributed by atoms with Gasteiger partial charge in [0.15, 0.2) is 0 Å². The molecule has 1 amide bonds. The SMILES string of the molecule is CSCCCC(NCC(F)(F)F)C(N)=O. The van der Waals surface area contributed by atoms with Gasteiger partial charge >= 0.3 is 6.18 Å². The van der Waals surface area contributed by atoms with E-state index in [-0.39, 0.29) is 0 Å². The van der Waals surface area contributed by atoms with E-state index in [1.165, 1.54) is 0 Å². The van der Waals surface area contributed by atoms with Gasteiger partial charge in [-0.3, -0.25) is 10.1 Å². The number of amides is 1. The minimum Gasteiger partial charge on any atom is -0.368 e. The van der Waals surface area contributed by atoms with Crippen molar-refractivity contribution in [1.29, 1.82) is 0 Å². The van der Waals surface area contributed by atoms with Crippen molar-refractivity contribution >= 4 is 17.7 Å². The molecule has 15 heavy (non-hydrogen) atoms. The highest BCUT2D eigenvalue weighted by Crippen LogP contribution is 2.13. The van der Waals surface area contributed by atoms with Crippen LogP contribution in [0.4, 0.5) is 13.2 Å². The summed E-state index contributed by atoms with van der Waals surface area (Å²) in [6.45, 7) is -1.18. The maximum Gasteiger partial charge on any atom is 0.401 e. The number of alkyl halides is 3. The maximum atomic E-state index is 11.8. The van der Waals surface area contributed by atoms with Crippen LogP contribution in [0.25, 0.3) is 0 Å². The average Bonchev–Trinajstić information content (AvgIpc) is 2.08. The van der Waals surface area contributed by atoms with Crippen LogP contribution < -0.4 is 11.1 Å². The Hall–Kier alpha value is -0.430. The number of thioether (sulfide) groups is 1. The van der Waals surface area contributed by atoms with Crippen LogP contribution in [0.2, 0.25) is 0 Å². The molecule has 0 bridgehead atoms. The van der Waals surface area contributed by atoms with Crippen LogP contribution in [0.15, 0.2) is 0 Å². The molecule has 0 spiro atoms. The molecule has 1 atom stereocenters. The number of carbonyl (C=O) groups excluding carboxylic acids is 1. The number of nitrogens with one attached hydrogen (secondary N) is 1. The Morgan fingerprint density at radius 1 is 1.53 bits per heavy atom. The fourth-order valence-corrected chi connectivity index (χ4v) is 1.47. The molecule has 0 saturated heterocycles. The number of nitrogens with two attached hydrogens (primary N) is 1. The highest BCUT2D eigenvalue weighted by molar-refractivity contribution is 7.98. The van der Waals surface area contributed by atoms with Gasteiger partial charge in [-0.1, -0.05) is 0 Å². The van der Waals surface area contributed by atoms with Gasteiger partial charge in [0.2, 0.25) is 5.91 Å². The van der Waals surface area contributed by atoms with Crippen molar-refractivity contribution < 1.29 is 18.0 Å². The summed E-state index contributed by atoms with van der Waals surface area (Å²) in [5, 5.41) is 2.11. The van der Waals surface area contributed by atoms with E-state index in [0.717, 1.165) is 5.75 Å². The standard InChI is InChI=1S/C8H15F3N2OS/c1-15-4-2-3-6(7(12)14)13-5-8(9,10)11/h6,13H,2-5H2,1H3,(H2,12,14). The molecule has 0 rings (SSSR count). The van der Waals surface area contributed by atoms with Crippen molar-refractivity contribution in [2.24, 2.45) is 5.73 Å². The molecule has 1 unspecified atom stereocenters. The molecule has 7 heteroatoms. The molecule has 0 fully saturated rings. The molecule has 90 valence electrons. The van der Waals surface area contributed by atoms with Crippen LogP contribution in [-0.2, 0) is 4.79 Å². The minimum absolute atomic E-state index is 0.340. The van der Waals surface area contributed by atoms with Crippen molar-refractivity contribution in [1.82, 2.24) is 5.32 Å². The van der Waals surface area contributed by atoms with Gasteiger partial charge in [0.1, 0.15) is 0 Å². The Morgan fingerprint density at radius 2 is 2.13 bits per heavy atom. The zero-order chi connectivity index (χ0) is 11.9. The predicted octanol–water partition coefficient (Wildman–Crippen LogP) is 1.14. The lowest BCUT2D eigenvalue weighted by molar-refractivity contribution is -0.130. The van der Waals surface area contributed by atoms with E-state index in [1.54, 1.807) is 11.8 Å². The third-order valence-electron chi connectivity index (χ3n) is 1.73. The van der Waals surface area contributed by atoms with Crippen molar-refractivity contribution in [2.45, 2.75) is 25.1 Å². The summed E-state index contributed by atoms with van der Waals surface area (Å²) in [7, 11) is 0. The summed E-state index contributed by atoms with van der Waals surface area (Å²) in [6, 6.07) is -0.890. The van der Waals surface area contributed by atoms with Crippen LogP contribution in [-0.4, -0.2) is 36.7 Å². The van der Waals surface area contributed by atoms with Crippen LogP contribution in [0.1, 0.15) is 12.8 Å². The highest BCUT2D eigenvalue weighted by atomic mass is 32.2. The number of rotatable bonds is 7. The summed E-state index contributed by atoms with van der Waals surface area (Å²) >= 11 is 1.58. The lowest BCUT2D eigenvalue weighted by atomic mass is 10.1.